The lowest BCUT2D eigenvalue weighted by molar-refractivity contribution is -0.870. The van der Waals surface area contributed by atoms with Crippen LogP contribution < -0.4 is 0 Å². The van der Waals surface area contributed by atoms with Crippen molar-refractivity contribution in [1.82, 2.24) is 0 Å². The molecule has 0 radical (unpaired) electrons. The summed E-state index contributed by atoms with van der Waals surface area (Å²) in [7, 11) is 4.71. The first kappa shape index (κ1) is 77.6. The van der Waals surface area contributed by atoms with E-state index >= 15 is 0 Å². The van der Waals surface area contributed by atoms with Crippen molar-refractivity contribution in [3.8, 4) is 0 Å². The lowest BCUT2D eigenvalue weighted by Crippen LogP contribution is -2.37. The summed E-state index contributed by atoms with van der Waals surface area (Å²) in [5, 5.41) is 8.94. The molecule has 0 aromatic rings. The first-order valence-electron chi connectivity index (χ1n) is 27.6. The number of hydrogen-bond donors (Lipinski definition) is 1. The third-order valence-electron chi connectivity index (χ3n) is 10.1. The van der Waals surface area contributed by atoms with Crippen LogP contribution in [0.5, 0.6) is 0 Å². The highest BCUT2D eigenvalue weighted by Gasteiger charge is 2.18. The van der Waals surface area contributed by atoms with Crippen molar-refractivity contribution in [3.05, 3.63) is 0 Å². The van der Waals surface area contributed by atoms with E-state index in [4.69, 9.17) is 23.5 Å². The molecular formula is C55H123NO7P+. The number of quaternary nitrogens is 1. The lowest BCUT2D eigenvalue weighted by Gasteiger charge is -2.25. The van der Waals surface area contributed by atoms with Gasteiger partial charge in [-0.05, 0) is 6.92 Å². The summed E-state index contributed by atoms with van der Waals surface area (Å²) in [6.07, 6.45) is 46.8. The standard InChI is InChI=1S/C19H40.C11H25NO6P.C9H20.C8H18.C5H12.C2H6.CH2O/c1-3-5-7-9-11-13-15-17-19-18-16-14-12-10-8-6-4-2;1-5-16-19(17-7-6-12(2,3)4)18-9-11(8-13)15-10-14;1-3-5-7-9-8-6-4-2;1-3-5-7-8-6-4-2;1-3-5-4-2;2*1-2/h3-19H2,1-2H3;10-11,13H,5-9H2,1-4H3;3-9H2,1-2H3;3-8H2,1-2H3;3-5H2,1-2H3;1-2H3;1H2/q;+1;;;;;/t;11-,19?;;;;;/m.0...../s1. The molecule has 0 aliphatic heterocycles. The van der Waals surface area contributed by atoms with Gasteiger partial charge >= 0.3 is 8.60 Å². The summed E-state index contributed by atoms with van der Waals surface area (Å²) < 4.78 is 21.6. The van der Waals surface area contributed by atoms with Gasteiger partial charge < -0.3 is 32.7 Å². The Morgan fingerprint density at radius 2 is 0.719 bits per heavy atom. The van der Waals surface area contributed by atoms with Crippen molar-refractivity contribution >= 4 is 21.9 Å². The number of hydrogen-bond acceptors (Lipinski definition) is 7. The predicted octanol–water partition coefficient (Wildman–Crippen LogP) is 18.3. The highest BCUT2D eigenvalue weighted by Crippen LogP contribution is 2.39. The van der Waals surface area contributed by atoms with Gasteiger partial charge in [-0.1, -0.05) is 281 Å². The normalized spacial score (nSPS) is 11.2. The van der Waals surface area contributed by atoms with Crippen molar-refractivity contribution in [3.63, 3.8) is 0 Å². The van der Waals surface area contributed by atoms with Crippen LogP contribution in [0.4, 0.5) is 0 Å². The van der Waals surface area contributed by atoms with Crippen LogP contribution in [0.2, 0.25) is 0 Å². The molecule has 0 fully saturated rings. The van der Waals surface area contributed by atoms with E-state index < -0.39 is 14.7 Å². The fourth-order valence-corrected chi connectivity index (χ4v) is 6.95. The summed E-state index contributed by atoms with van der Waals surface area (Å²) in [6, 6.07) is 0. The first-order valence-corrected chi connectivity index (χ1v) is 28.7. The van der Waals surface area contributed by atoms with Crippen LogP contribution in [0.1, 0.15) is 288 Å². The van der Waals surface area contributed by atoms with Gasteiger partial charge in [0.1, 0.15) is 26.0 Å². The van der Waals surface area contributed by atoms with E-state index in [9.17, 15) is 4.79 Å². The van der Waals surface area contributed by atoms with Crippen LogP contribution in [-0.4, -0.2) is 83.1 Å². The smallest absolute Gasteiger partial charge is 0.332 e. The number of aliphatic hydroxyl groups excluding tert-OH is 1. The average molecular weight is 942 g/mol. The van der Waals surface area contributed by atoms with Crippen molar-refractivity contribution in [2.24, 2.45) is 0 Å². The number of likely N-dealkylation sites (N-methyl/N-ethyl adjacent to an activating group) is 1. The number of nitrogens with zero attached hydrogens (tertiary/aromatic N) is 1. The fourth-order valence-electron chi connectivity index (χ4n) is 6.00. The van der Waals surface area contributed by atoms with Gasteiger partial charge in [-0.3, -0.25) is 4.79 Å². The quantitative estimate of drug-likeness (QED) is 0.0283. The van der Waals surface area contributed by atoms with E-state index in [1.54, 1.807) is 0 Å². The molecule has 0 aromatic carbocycles. The summed E-state index contributed by atoms with van der Waals surface area (Å²) in [5.41, 5.74) is 0. The molecule has 2 atom stereocenters. The predicted molar refractivity (Wildman–Crippen MR) is 288 cm³/mol. The second-order valence-corrected chi connectivity index (χ2v) is 18.9. The van der Waals surface area contributed by atoms with Gasteiger partial charge in [-0.2, -0.15) is 0 Å². The molecule has 0 aromatic heterocycles. The average Bonchev–Trinajstić information content (AvgIpc) is 3.30. The second-order valence-electron chi connectivity index (χ2n) is 17.7. The van der Waals surface area contributed by atoms with Crippen LogP contribution in [0.3, 0.4) is 0 Å². The number of rotatable bonds is 41. The van der Waals surface area contributed by atoms with Gasteiger partial charge in [0.15, 0.2) is 0 Å². The molecule has 0 heterocycles. The van der Waals surface area contributed by atoms with E-state index in [1.807, 2.05) is 27.6 Å². The van der Waals surface area contributed by atoms with Gasteiger partial charge in [0, 0.05) is 0 Å². The Kier molecular flexibility index (Phi) is 96.3. The van der Waals surface area contributed by atoms with Gasteiger partial charge in [0.25, 0.3) is 6.47 Å². The maximum absolute atomic E-state index is 10.2. The Hall–Kier alpha value is -0.630. The monoisotopic (exact) mass is 941 g/mol. The fraction of sp³-hybridized carbons (Fsp3) is 0.964. The van der Waals surface area contributed by atoms with E-state index in [-0.39, 0.29) is 19.7 Å². The Morgan fingerprint density at radius 1 is 0.453 bits per heavy atom. The Morgan fingerprint density at radius 3 is 0.906 bits per heavy atom. The molecule has 394 valence electrons. The molecule has 0 amide bonds. The van der Waals surface area contributed by atoms with Gasteiger partial charge in [0.05, 0.1) is 41.0 Å². The summed E-state index contributed by atoms with van der Waals surface area (Å²) >= 11 is 0. The summed E-state index contributed by atoms with van der Waals surface area (Å²) in [6.45, 7) is 27.7. The third-order valence-corrected chi connectivity index (χ3v) is 11.3. The zero-order valence-corrected chi connectivity index (χ0v) is 47.4. The third kappa shape index (κ3) is 95.6. The molecule has 0 aliphatic carbocycles. The van der Waals surface area contributed by atoms with Crippen molar-refractivity contribution in [2.75, 3.05) is 54.1 Å². The minimum Gasteiger partial charge on any atom is -0.460 e. The lowest BCUT2D eigenvalue weighted by atomic mass is 10.0. The molecule has 0 rings (SSSR count). The van der Waals surface area contributed by atoms with Gasteiger partial charge in [-0.15, -0.1) is 0 Å². The molecule has 1 unspecified atom stereocenters. The second kappa shape index (κ2) is 79.5. The van der Waals surface area contributed by atoms with Gasteiger partial charge in [0.2, 0.25) is 0 Å². The molecule has 8 nitrogen and oxygen atoms in total. The van der Waals surface area contributed by atoms with Crippen molar-refractivity contribution < 1.29 is 37.5 Å². The van der Waals surface area contributed by atoms with E-state index in [2.05, 4.69) is 81.3 Å². The minimum atomic E-state index is -1.48. The van der Waals surface area contributed by atoms with Crippen LogP contribution >= 0.6 is 8.60 Å². The van der Waals surface area contributed by atoms with E-state index in [0.717, 1.165) is 11.0 Å². The molecule has 0 saturated heterocycles. The first-order chi connectivity index (χ1) is 31.1. The number of ether oxygens (including phenoxy) is 1. The minimum absolute atomic E-state index is 0.0469. The van der Waals surface area contributed by atoms with Crippen molar-refractivity contribution in [1.29, 1.82) is 0 Å². The molecule has 1 N–H and O–H groups in total. The highest BCUT2D eigenvalue weighted by atomic mass is 31.2. The SMILES string of the molecule is C=O.CC.CCCCC.CCCCCCCC.CCCCCCCCC.CCCCCCCCCCCCCCCCCCC.CCOP(OCC[N+](C)(C)C)OC[C@H](CO)OC=O. The molecule has 0 aliphatic rings. The van der Waals surface area contributed by atoms with E-state index in [0.29, 0.717) is 13.2 Å². The molecule has 0 bridgehead atoms. The van der Waals surface area contributed by atoms with Crippen molar-refractivity contribution in [2.45, 2.75) is 294 Å². The summed E-state index contributed by atoms with van der Waals surface area (Å²) in [5.74, 6) is 0. The molecule has 0 spiro atoms. The zero-order valence-electron chi connectivity index (χ0n) is 46.5. The van der Waals surface area contributed by atoms with Crippen LogP contribution in [-0.2, 0) is 27.9 Å². The highest BCUT2D eigenvalue weighted by molar-refractivity contribution is 7.41. The molecule has 0 saturated carbocycles. The van der Waals surface area contributed by atoms with Crippen LogP contribution in [0.25, 0.3) is 0 Å². The van der Waals surface area contributed by atoms with Crippen LogP contribution in [0, 0.1) is 0 Å². The number of unbranched alkanes of at least 4 members (excludes halogenated alkanes) is 29. The molecular weight excluding hydrogens is 818 g/mol. The summed E-state index contributed by atoms with van der Waals surface area (Å²) in [4.78, 5) is 18.2. The maximum Gasteiger partial charge on any atom is 0.332 e. The van der Waals surface area contributed by atoms with E-state index in [1.165, 1.54) is 212 Å². The number of carbonyl (C=O) groups excluding carboxylic acids is 2. The zero-order chi connectivity index (χ0) is 50.1. The number of aliphatic hydroxyl groups is 1. The molecule has 9 heteroatoms. The number of carbonyl (C=O) groups is 2. The van der Waals surface area contributed by atoms with Gasteiger partial charge in [-0.25, -0.2) is 0 Å². The Bertz CT molecular complexity index is 684. The molecule has 64 heavy (non-hydrogen) atoms. The Balaban J connectivity index is -0.000000133. The maximum atomic E-state index is 10.2. The Labute approximate surface area is 406 Å². The largest absolute Gasteiger partial charge is 0.460 e. The topological polar surface area (TPSA) is 91.3 Å². The van der Waals surface area contributed by atoms with Crippen LogP contribution in [0.15, 0.2) is 0 Å².